The fourth-order valence-corrected chi connectivity index (χ4v) is 0.827. The van der Waals surface area contributed by atoms with Gasteiger partial charge in [-0.15, -0.1) is 0 Å². The summed E-state index contributed by atoms with van der Waals surface area (Å²) >= 11 is 0. The van der Waals surface area contributed by atoms with Gasteiger partial charge < -0.3 is 20.1 Å². The molecule has 0 amide bonds. The lowest BCUT2D eigenvalue weighted by atomic mass is 10.2. The zero-order valence-corrected chi connectivity index (χ0v) is 5.06. The molecule has 4 heteroatoms. The highest BCUT2D eigenvalue weighted by Crippen LogP contribution is 2.18. The minimum Gasteiger partial charge on any atom is -0.388 e. The van der Waals surface area contributed by atoms with Crippen LogP contribution < -0.4 is 0 Å². The molecule has 0 aliphatic carbocycles. The minimum atomic E-state index is -1.23. The van der Waals surface area contributed by atoms with Gasteiger partial charge in [-0.05, 0) is 6.92 Å². The van der Waals surface area contributed by atoms with Crippen molar-refractivity contribution in [2.24, 2.45) is 0 Å². The molecule has 1 heterocycles. The van der Waals surface area contributed by atoms with Crippen molar-refractivity contribution in [1.82, 2.24) is 0 Å². The molecule has 54 valence electrons. The van der Waals surface area contributed by atoms with Gasteiger partial charge in [0.2, 0.25) is 0 Å². The highest BCUT2D eigenvalue weighted by atomic mass is 16.6. The van der Waals surface area contributed by atoms with Crippen molar-refractivity contribution in [3.8, 4) is 0 Å². The first kappa shape index (κ1) is 6.95. The van der Waals surface area contributed by atoms with Crippen molar-refractivity contribution in [3.63, 3.8) is 0 Å². The van der Waals surface area contributed by atoms with E-state index in [-0.39, 0.29) is 0 Å². The second-order valence-electron chi connectivity index (χ2n) is 2.21. The van der Waals surface area contributed by atoms with Crippen LogP contribution in [0.15, 0.2) is 0 Å². The smallest absolute Gasteiger partial charge is 0.183 e. The lowest BCUT2D eigenvalue weighted by Crippen LogP contribution is -2.31. The largest absolute Gasteiger partial charge is 0.388 e. The fourth-order valence-electron chi connectivity index (χ4n) is 0.827. The molecule has 1 unspecified atom stereocenters. The van der Waals surface area contributed by atoms with Gasteiger partial charge in [-0.3, -0.25) is 0 Å². The maximum absolute atomic E-state index is 8.90. The summed E-state index contributed by atoms with van der Waals surface area (Å²) in [7, 11) is 0. The second-order valence-corrected chi connectivity index (χ2v) is 2.21. The van der Waals surface area contributed by atoms with Crippen molar-refractivity contribution in [3.05, 3.63) is 0 Å². The maximum Gasteiger partial charge on any atom is 0.183 e. The molecule has 0 aromatic carbocycles. The van der Waals surface area contributed by atoms with E-state index in [9.17, 15) is 0 Å². The summed E-state index contributed by atoms with van der Waals surface area (Å²) < 4.78 is 4.64. The van der Waals surface area contributed by atoms with Crippen LogP contribution in [-0.4, -0.2) is 39.9 Å². The second kappa shape index (κ2) is 2.22. The van der Waals surface area contributed by atoms with E-state index in [1.807, 2.05) is 0 Å². The van der Waals surface area contributed by atoms with E-state index in [0.29, 0.717) is 0 Å². The van der Waals surface area contributed by atoms with Crippen molar-refractivity contribution < 1.29 is 20.1 Å². The molecule has 0 aromatic rings. The Morgan fingerprint density at radius 1 is 1.11 bits per heavy atom. The summed E-state index contributed by atoms with van der Waals surface area (Å²) in [5.41, 5.74) is 0. The molecule has 0 spiro atoms. The lowest BCUT2D eigenvalue weighted by molar-refractivity contribution is -0.124. The van der Waals surface area contributed by atoms with Crippen molar-refractivity contribution in [2.75, 3.05) is 0 Å². The van der Waals surface area contributed by atoms with Crippen molar-refractivity contribution in [2.45, 2.75) is 31.5 Å². The number of hydrogen-bond donors (Lipinski definition) is 3. The third kappa shape index (κ3) is 1.07. The van der Waals surface area contributed by atoms with Crippen LogP contribution >= 0.6 is 0 Å². The van der Waals surface area contributed by atoms with Gasteiger partial charge in [-0.2, -0.15) is 0 Å². The average molecular weight is 134 g/mol. The normalized spacial score (nSPS) is 52.0. The van der Waals surface area contributed by atoms with Gasteiger partial charge in [0.15, 0.2) is 6.29 Å². The highest BCUT2D eigenvalue weighted by molar-refractivity contribution is 4.82. The SMILES string of the molecule is C[C@H]1OC(O)[C@@H](O)[C@H]1O. The molecule has 0 aromatic heterocycles. The number of aliphatic hydroxyl groups is 3. The van der Waals surface area contributed by atoms with Crippen LogP contribution in [0.25, 0.3) is 0 Å². The van der Waals surface area contributed by atoms with E-state index in [1.54, 1.807) is 6.92 Å². The summed E-state index contributed by atoms with van der Waals surface area (Å²) in [6, 6.07) is 0. The van der Waals surface area contributed by atoms with E-state index >= 15 is 0 Å². The summed E-state index contributed by atoms with van der Waals surface area (Å²) in [6.45, 7) is 1.59. The van der Waals surface area contributed by atoms with Crippen LogP contribution in [0, 0.1) is 0 Å². The maximum atomic E-state index is 8.90. The van der Waals surface area contributed by atoms with Gasteiger partial charge >= 0.3 is 0 Å². The molecule has 1 aliphatic heterocycles. The summed E-state index contributed by atoms with van der Waals surface area (Å²) in [5.74, 6) is 0. The molecule has 9 heavy (non-hydrogen) atoms. The molecular formula is C5H10O4. The molecule has 1 saturated heterocycles. The summed E-state index contributed by atoms with van der Waals surface area (Å²) in [5, 5.41) is 26.4. The van der Waals surface area contributed by atoms with Crippen LogP contribution in [-0.2, 0) is 4.74 Å². The van der Waals surface area contributed by atoms with Crippen LogP contribution in [0.1, 0.15) is 6.92 Å². The Morgan fingerprint density at radius 3 is 1.78 bits per heavy atom. The fraction of sp³-hybridized carbons (Fsp3) is 1.00. The number of ether oxygens (including phenoxy) is 1. The van der Waals surface area contributed by atoms with Gasteiger partial charge in [0, 0.05) is 0 Å². The Balaban J connectivity index is 2.54. The summed E-state index contributed by atoms with van der Waals surface area (Å²) in [6.07, 6.45) is -3.81. The van der Waals surface area contributed by atoms with Gasteiger partial charge in [-0.1, -0.05) is 0 Å². The Kier molecular flexibility index (Phi) is 1.72. The highest BCUT2D eigenvalue weighted by Gasteiger charge is 2.38. The molecule has 3 N–H and O–H groups in total. The first-order valence-electron chi connectivity index (χ1n) is 2.82. The predicted octanol–water partition coefficient (Wildman–Crippen LogP) is -1.55. The Bertz CT molecular complexity index is 93.1. The van der Waals surface area contributed by atoms with Crippen LogP contribution in [0.5, 0.6) is 0 Å². The van der Waals surface area contributed by atoms with Gasteiger partial charge in [-0.25, -0.2) is 0 Å². The van der Waals surface area contributed by atoms with Gasteiger partial charge in [0.25, 0.3) is 0 Å². The molecule has 4 atom stereocenters. The van der Waals surface area contributed by atoms with E-state index in [1.165, 1.54) is 0 Å². The standard InChI is InChI=1S/C5H10O4/c1-2-3(6)4(7)5(8)9-2/h2-8H,1H3/t2-,3+,4+,5?/m1/s1. The third-order valence-electron chi connectivity index (χ3n) is 1.48. The molecule has 1 aliphatic rings. The molecular weight excluding hydrogens is 124 g/mol. The number of rotatable bonds is 0. The van der Waals surface area contributed by atoms with E-state index in [4.69, 9.17) is 15.3 Å². The molecule has 0 saturated carbocycles. The Hall–Kier alpha value is -0.160. The minimum absolute atomic E-state index is 0.477. The zero-order valence-electron chi connectivity index (χ0n) is 5.06. The topological polar surface area (TPSA) is 69.9 Å². The Morgan fingerprint density at radius 2 is 1.67 bits per heavy atom. The van der Waals surface area contributed by atoms with Crippen LogP contribution in [0.4, 0.5) is 0 Å². The third-order valence-corrected chi connectivity index (χ3v) is 1.48. The molecule has 4 nitrogen and oxygen atoms in total. The van der Waals surface area contributed by atoms with Crippen molar-refractivity contribution in [1.29, 1.82) is 0 Å². The van der Waals surface area contributed by atoms with Gasteiger partial charge in [0.05, 0.1) is 6.10 Å². The lowest BCUT2D eigenvalue weighted by Gasteiger charge is -2.07. The quantitative estimate of drug-likeness (QED) is 0.375. The number of hydrogen-bond acceptors (Lipinski definition) is 4. The Labute approximate surface area is 52.7 Å². The van der Waals surface area contributed by atoms with Crippen LogP contribution in [0.2, 0.25) is 0 Å². The van der Waals surface area contributed by atoms with E-state index in [0.717, 1.165) is 0 Å². The van der Waals surface area contributed by atoms with Crippen molar-refractivity contribution >= 4 is 0 Å². The molecule has 0 radical (unpaired) electrons. The number of aliphatic hydroxyl groups excluding tert-OH is 3. The summed E-state index contributed by atoms with van der Waals surface area (Å²) in [4.78, 5) is 0. The molecule has 1 rings (SSSR count). The first-order chi connectivity index (χ1) is 4.13. The average Bonchev–Trinajstić information content (AvgIpc) is 1.98. The monoisotopic (exact) mass is 134 g/mol. The van der Waals surface area contributed by atoms with E-state index < -0.39 is 24.6 Å². The first-order valence-corrected chi connectivity index (χ1v) is 2.82. The van der Waals surface area contributed by atoms with Gasteiger partial charge in [0.1, 0.15) is 12.2 Å². The van der Waals surface area contributed by atoms with Crippen LogP contribution in [0.3, 0.4) is 0 Å². The zero-order chi connectivity index (χ0) is 7.02. The molecule has 0 bridgehead atoms. The van der Waals surface area contributed by atoms with E-state index in [2.05, 4.69) is 4.74 Å². The predicted molar refractivity (Wildman–Crippen MR) is 28.6 cm³/mol. The molecule has 1 fully saturated rings.